The van der Waals surface area contributed by atoms with Gasteiger partial charge in [0, 0.05) is 32.7 Å². The number of hydrogen-bond acceptors (Lipinski definition) is 6. The van der Waals surface area contributed by atoms with E-state index in [0.29, 0.717) is 32.7 Å². The molecule has 0 aliphatic carbocycles. The van der Waals surface area contributed by atoms with Gasteiger partial charge < -0.3 is 19.7 Å². The lowest BCUT2D eigenvalue weighted by molar-refractivity contribution is -0.136. The highest BCUT2D eigenvalue weighted by molar-refractivity contribution is 5.84. The Labute approximate surface area is 207 Å². The third-order valence-electron chi connectivity index (χ3n) is 4.88. The molecule has 2 saturated heterocycles. The van der Waals surface area contributed by atoms with E-state index >= 15 is 0 Å². The summed E-state index contributed by atoms with van der Waals surface area (Å²) in [7, 11) is 0. The quantitative estimate of drug-likeness (QED) is 0.683. The van der Waals surface area contributed by atoms with Crippen LogP contribution in [0.1, 0.15) is 47.1 Å². The first-order valence-corrected chi connectivity index (χ1v) is 11.8. The molecule has 0 spiro atoms. The SMILES string of the molecule is CC(C)(C)OC(=O)N1CCN(Cc2ccccc2)C(=O)C1.CC(C)(C)OC(=O)N1CCNC(=O)C1. The van der Waals surface area contributed by atoms with Crippen molar-refractivity contribution in [2.75, 3.05) is 39.3 Å². The Balaban J connectivity index is 0.000000269. The largest absolute Gasteiger partial charge is 0.444 e. The molecule has 0 unspecified atom stereocenters. The maximum Gasteiger partial charge on any atom is 0.410 e. The Morgan fingerprint density at radius 2 is 1.37 bits per heavy atom. The van der Waals surface area contributed by atoms with Gasteiger partial charge in [0.1, 0.15) is 24.3 Å². The molecule has 4 amide bonds. The molecular formula is C25H38N4O6. The van der Waals surface area contributed by atoms with Crippen LogP contribution in [0.2, 0.25) is 0 Å². The number of hydrogen-bond donors (Lipinski definition) is 1. The monoisotopic (exact) mass is 490 g/mol. The summed E-state index contributed by atoms with van der Waals surface area (Å²) in [5.41, 5.74) is 0.0447. The fourth-order valence-electron chi connectivity index (χ4n) is 3.28. The number of ether oxygens (including phenoxy) is 2. The highest BCUT2D eigenvalue weighted by Gasteiger charge is 2.30. The topological polar surface area (TPSA) is 108 Å². The van der Waals surface area contributed by atoms with Crippen molar-refractivity contribution in [3.63, 3.8) is 0 Å². The second-order valence-electron chi connectivity index (χ2n) is 10.5. The van der Waals surface area contributed by atoms with Gasteiger partial charge in [0.05, 0.1) is 0 Å². The van der Waals surface area contributed by atoms with Crippen LogP contribution < -0.4 is 5.32 Å². The number of benzene rings is 1. The molecule has 2 fully saturated rings. The average molecular weight is 491 g/mol. The molecule has 2 aliphatic rings. The molecule has 1 aromatic rings. The number of nitrogens with one attached hydrogen (secondary N) is 1. The average Bonchev–Trinajstić information content (AvgIpc) is 2.74. The first-order valence-electron chi connectivity index (χ1n) is 11.8. The number of carbonyl (C=O) groups excluding carboxylic acids is 4. The Morgan fingerprint density at radius 1 is 0.829 bits per heavy atom. The molecule has 2 aliphatic heterocycles. The van der Waals surface area contributed by atoms with E-state index in [9.17, 15) is 19.2 Å². The summed E-state index contributed by atoms with van der Waals surface area (Å²) >= 11 is 0. The summed E-state index contributed by atoms with van der Waals surface area (Å²) in [5.74, 6) is -0.182. The maximum absolute atomic E-state index is 12.2. The van der Waals surface area contributed by atoms with Crippen molar-refractivity contribution < 1.29 is 28.7 Å². The fourth-order valence-corrected chi connectivity index (χ4v) is 3.28. The van der Waals surface area contributed by atoms with Gasteiger partial charge in [-0.15, -0.1) is 0 Å². The summed E-state index contributed by atoms with van der Waals surface area (Å²) < 4.78 is 10.4. The molecule has 0 radical (unpaired) electrons. The van der Waals surface area contributed by atoms with Gasteiger partial charge >= 0.3 is 12.2 Å². The number of carbonyl (C=O) groups is 4. The van der Waals surface area contributed by atoms with Crippen molar-refractivity contribution >= 4 is 24.0 Å². The third kappa shape index (κ3) is 10.2. The minimum absolute atomic E-state index is 0.0454. The highest BCUT2D eigenvalue weighted by Crippen LogP contribution is 2.14. The smallest absolute Gasteiger partial charge is 0.410 e. The van der Waals surface area contributed by atoms with E-state index in [1.165, 1.54) is 9.80 Å². The molecule has 0 bridgehead atoms. The van der Waals surface area contributed by atoms with Crippen LogP contribution >= 0.6 is 0 Å². The van der Waals surface area contributed by atoms with Gasteiger partial charge in [-0.25, -0.2) is 9.59 Å². The molecule has 10 heteroatoms. The van der Waals surface area contributed by atoms with Gasteiger partial charge in [-0.3, -0.25) is 19.4 Å². The van der Waals surface area contributed by atoms with Crippen LogP contribution in [0.25, 0.3) is 0 Å². The van der Waals surface area contributed by atoms with Crippen molar-refractivity contribution in [2.45, 2.75) is 59.3 Å². The summed E-state index contributed by atoms with van der Waals surface area (Å²) in [6, 6.07) is 9.85. The van der Waals surface area contributed by atoms with E-state index in [1.54, 1.807) is 25.7 Å². The van der Waals surface area contributed by atoms with Gasteiger partial charge in [0.25, 0.3) is 0 Å². The molecule has 35 heavy (non-hydrogen) atoms. The molecule has 0 saturated carbocycles. The zero-order chi connectivity index (χ0) is 26.2. The molecule has 3 rings (SSSR count). The van der Waals surface area contributed by atoms with Gasteiger partial charge in [-0.05, 0) is 47.1 Å². The lowest BCUT2D eigenvalue weighted by atomic mass is 10.2. The maximum atomic E-state index is 12.2. The molecular weight excluding hydrogens is 452 g/mol. The summed E-state index contributed by atoms with van der Waals surface area (Å²) in [4.78, 5) is 51.2. The number of amides is 4. The van der Waals surface area contributed by atoms with Crippen LogP contribution in [0.15, 0.2) is 30.3 Å². The Kier molecular flexibility index (Phi) is 9.50. The highest BCUT2D eigenvalue weighted by atomic mass is 16.6. The lowest BCUT2D eigenvalue weighted by Gasteiger charge is -2.35. The third-order valence-corrected chi connectivity index (χ3v) is 4.88. The van der Waals surface area contributed by atoms with Gasteiger partial charge in [-0.2, -0.15) is 0 Å². The van der Waals surface area contributed by atoms with Crippen molar-refractivity contribution in [3.8, 4) is 0 Å². The summed E-state index contributed by atoms with van der Waals surface area (Å²) in [6.45, 7) is 13.7. The minimum Gasteiger partial charge on any atom is -0.444 e. The lowest BCUT2D eigenvalue weighted by Crippen LogP contribution is -2.52. The molecule has 1 aromatic carbocycles. The minimum atomic E-state index is -0.540. The second-order valence-corrected chi connectivity index (χ2v) is 10.5. The second kappa shape index (κ2) is 11.9. The van der Waals surface area contributed by atoms with Crippen LogP contribution in [0.3, 0.4) is 0 Å². The van der Waals surface area contributed by atoms with Crippen molar-refractivity contribution in [1.82, 2.24) is 20.0 Å². The molecule has 0 aromatic heterocycles. The number of rotatable bonds is 2. The van der Waals surface area contributed by atoms with Gasteiger partial charge in [0.15, 0.2) is 0 Å². The van der Waals surface area contributed by atoms with E-state index in [0.717, 1.165) is 5.56 Å². The fraction of sp³-hybridized carbons (Fsp3) is 0.600. The normalized spacial score (nSPS) is 16.7. The zero-order valence-electron chi connectivity index (χ0n) is 21.6. The molecule has 2 heterocycles. The predicted octanol–water partition coefficient (Wildman–Crippen LogP) is 2.62. The van der Waals surface area contributed by atoms with Crippen LogP contribution in [0.5, 0.6) is 0 Å². The van der Waals surface area contributed by atoms with E-state index in [1.807, 2.05) is 51.1 Å². The van der Waals surface area contributed by atoms with Crippen LogP contribution in [-0.2, 0) is 25.6 Å². The first kappa shape index (κ1) is 27.9. The Hall–Kier alpha value is -3.30. The van der Waals surface area contributed by atoms with Gasteiger partial charge in [0.2, 0.25) is 11.8 Å². The van der Waals surface area contributed by atoms with E-state index in [2.05, 4.69) is 5.32 Å². The molecule has 1 N–H and O–H groups in total. The zero-order valence-corrected chi connectivity index (χ0v) is 21.6. The predicted molar refractivity (Wildman–Crippen MR) is 130 cm³/mol. The van der Waals surface area contributed by atoms with Crippen molar-refractivity contribution in [3.05, 3.63) is 35.9 Å². The van der Waals surface area contributed by atoms with E-state index in [4.69, 9.17) is 9.47 Å². The number of piperazine rings is 2. The Bertz CT molecular complexity index is 891. The molecule has 0 atom stereocenters. The first-order chi connectivity index (χ1) is 16.2. The van der Waals surface area contributed by atoms with Crippen LogP contribution in [0, 0.1) is 0 Å². The van der Waals surface area contributed by atoms with Gasteiger partial charge in [-0.1, -0.05) is 30.3 Å². The summed E-state index contributed by atoms with van der Waals surface area (Å²) in [6.07, 6.45) is -0.845. The number of nitrogens with zero attached hydrogens (tertiary/aromatic N) is 3. The standard InChI is InChI=1S/C16H22N2O3.C9H16N2O3/c1-16(2,3)21-15(20)18-10-9-17(14(19)12-18)11-13-7-5-4-6-8-13;1-9(2,3)14-8(13)11-5-4-10-7(12)6-11/h4-8H,9-12H2,1-3H3;4-6H2,1-3H3,(H,10,12). The van der Waals surface area contributed by atoms with Crippen molar-refractivity contribution in [1.29, 1.82) is 0 Å². The summed E-state index contributed by atoms with van der Waals surface area (Å²) in [5, 5.41) is 2.64. The molecule has 194 valence electrons. The molecule has 10 nitrogen and oxygen atoms in total. The van der Waals surface area contributed by atoms with Crippen molar-refractivity contribution in [2.24, 2.45) is 0 Å². The van der Waals surface area contributed by atoms with Crippen LogP contribution in [-0.4, -0.2) is 89.2 Å². The Morgan fingerprint density at radius 3 is 1.86 bits per heavy atom. The van der Waals surface area contributed by atoms with E-state index < -0.39 is 23.4 Å². The van der Waals surface area contributed by atoms with E-state index in [-0.39, 0.29) is 24.9 Å². The van der Waals surface area contributed by atoms with Crippen LogP contribution in [0.4, 0.5) is 9.59 Å².